The highest BCUT2D eigenvalue weighted by molar-refractivity contribution is 5.83. The number of nitrogens with zero attached hydrogens (tertiary/aromatic N) is 6. The third-order valence-corrected chi connectivity index (χ3v) is 7.54. The van der Waals surface area contributed by atoms with E-state index in [1.807, 2.05) is 36.9 Å². The molecule has 6 rings (SSSR count). The van der Waals surface area contributed by atoms with Gasteiger partial charge >= 0.3 is 0 Å². The molecule has 0 amide bonds. The van der Waals surface area contributed by atoms with Crippen LogP contribution in [0.2, 0.25) is 0 Å². The number of anilines is 1. The molecule has 1 unspecified atom stereocenters. The van der Waals surface area contributed by atoms with E-state index in [4.69, 9.17) is 0 Å². The predicted molar refractivity (Wildman–Crippen MR) is 149 cm³/mol. The molecule has 204 valence electrons. The fraction of sp³-hybridized carbons (Fsp3) is 0.267. The standard InChI is InChI=1S/C30H29F2N7O/c1-19-15-20(2)27-22(16-19)17-24(30(40)33-27)28(29-34-35-36-39(29)18-21-7-9-23(31)10-8-21)38-13-11-37(12-14-38)26-6-4-3-5-25(26)32/h3-10,15-17,28H,11-14,18H2,1-2H3,(H,33,40). The van der Waals surface area contributed by atoms with Gasteiger partial charge in [0.1, 0.15) is 17.7 Å². The Balaban J connectivity index is 1.41. The maximum absolute atomic E-state index is 14.5. The van der Waals surface area contributed by atoms with Gasteiger partial charge in [-0.2, -0.15) is 0 Å². The summed E-state index contributed by atoms with van der Waals surface area (Å²) in [6.07, 6.45) is 0. The molecule has 3 heterocycles. The molecule has 1 N–H and O–H groups in total. The molecule has 0 spiro atoms. The van der Waals surface area contributed by atoms with Gasteiger partial charge in [-0.3, -0.25) is 9.69 Å². The number of H-pyrrole nitrogens is 1. The Labute approximate surface area is 229 Å². The van der Waals surface area contributed by atoms with Crippen LogP contribution in [0.1, 0.15) is 34.1 Å². The van der Waals surface area contributed by atoms with Gasteiger partial charge in [-0.25, -0.2) is 13.5 Å². The van der Waals surface area contributed by atoms with Gasteiger partial charge in [0.2, 0.25) is 0 Å². The molecule has 0 radical (unpaired) electrons. The predicted octanol–water partition coefficient (Wildman–Crippen LogP) is 4.37. The zero-order valence-corrected chi connectivity index (χ0v) is 22.3. The van der Waals surface area contributed by atoms with Gasteiger partial charge in [0.05, 0.1) is 17.7 Å². The lowest BCUT2D eigenvalue weighted by Crippen LogP contribution is -2.49. The third kappa shape index (κ3) is 4.98. The van der Waals surface area contributed by atoms with E-state index in [2.05, 4.69) is 31.5 Å². The van der Waals surface area contributed by atoms with E-state index in [1.165, 1.54) is 18.2 Å². The number of pyridine rings is 1. The quantitative estimate of drug-likeness (QED) is 0.344. The number of piperazine rings is 1. The first-order valence-corrected chi connectivity index (χ1v) is 13.3. The summed E-state index contributed by atoms with van der Waals surface area (Å²) in [7, 11) is 0. The molecular weight excluding hydrogens is 512 g/mol. The van der Waals surface area contributed by atoms with Crippen molar-refractivity contribution in [2.45, 2.75) is 26.4 Å². The average molecular weight is 542 g/mol. The molecule has 1 fully saturated rings. The van der Waals surface area contributed by atoms with Crippen molar-refractivity contribution < 1.29 is 8.78 Å². The summed E-state index contributed by atoms with van der Waals surface area (Å²) in [5, 5.41) is 13.5. The molecule has 0 saturated carbocycles. The zero-order chi connectivity index (χ0) is 27.8. The molecule has 1 aliphatic heterocycles. The van der Waals surface area contributed by atoms with Crippen LogP contribution in [0.4, 0.5) is 14.5 Å². The Bertz CT molecular complexity index is 1720. The first-order chi connectivity index (χ1) is 19.4. The summed E-state index contributed by atoms with van der Waals surface area (Å²) in [6, 6.07) is 18.4. The van der Waals surface area contributed by atoms with Gasteiger partial charge in [-0.05, 0) is 77.2 Å². The normalized spacial score (nSPS) is 15.1. The number of nitrogens with one attached hydrogen (secondary N) is 1. The van der Waals surface area contributed by atoms with Crippen LogP contribution in [0.5, 0.6) is 0 Å². The molecule has 40 heavy (non-hydrogen) atoms. The Hall–Kier alpha value is -4.44. The number of hydrogen-bond donors (Lipinski definition) is 1. The van der Waals surface area contributed by atoms with Crippen LogP contribution in [0.25, 0.3) is 10.9 Å². The van der Waals surface area contributed by atoms with E-state index < -0.39 is 6.04 Å². The summed E-state index contributed by atoms with van der Waals surface area (Å²) in [4.78, 5) is 20.9. The maximum atomic E-state index is 14.5. The van der Waals surface area contributed by atoms with Gasteiger partial charge in [0.25, 0.3) is 5.56 Å². The summed E-state index contributed by atoms with van der Waals surface area (Å²) < 4.78 is 29.7. The minimum absolute atomic E-state index is 0.211. The van der Waals surface area contributed by atoms with Crippen molar-refractivity contribution in [1.29, 1.82) is 0 Å². The lowest BCUT2D eigenvalue weighted by molar-refractivity contribution is 0.200. The van der Waals surface area contributed by atoms with E-state index in [0.717, 1.165) is 27.6 Å². The van der Waals surface area contributed by atoms with E-state index >= 15 is 0 Å². The molecule has 1 aliphatic rings. The van der Waals surface area contributed by atoms with Crippen LogP contribution in [-0.4, -0.2) is 56.3 Å². The number of para-hydroxylation sites is 1. The van der Waals surface area contributed by atoms with E-state index in [0.29, 0.717) is 49.8 Å². The van der Waals surface area contributed by atoms with Gasteiger partial charge in [0, 0.05) is 31.7 Å². The summed E-state index contributed by atoms with van der Waals surface area (Å²) in [5.74, 6) is -0.0649. The molecule has 10 heteroatoms. The molecular formula is C30H29F2N7O. The lowest BCUT2D eigenvalue weighted by atomic mass is 10.00. The number of fused-ring (bicyclic) bond motifs is 1. The minimum atomic E-state index is -0.549. The van der Waals surface area contributed by atoms with Crippen molar-refractivity contribution in [3.63, 3.8) is 0 Å². The van der Waals surface area contributed by atoms with Crippen LogP contribution in [0.3, 0.4) is 0 Å². The highest BCUT2D eigenvalue weighted by atomic mass is 19.1. The molecule has 2 aromatic heterocycles. The van der Waals surface area contributed by atoms with Gasteiger partial charge in [0.15, 0.2) is 5.82 Å². The van der Waals surface area contributed by atoms with Gasteiger partial charge in [-0.1, -0.05) is 35.9 Å². The number of aromatic amines is 1. The largest absolute Gasteiger partial charge is 0.367 e. The number of aryl methyl sites for hydroxylation is 2. The van der Waals surface area contributed by atoms with Crippen molar-refractivity contribution in [1.82, 2.24) is 30.1 Å². The van der Waals surface area contributed by atoms with E-state index in [-0.39, 0.29) is 17.2 Å². The fourth-order valence-electron chi connectivity index (χ4n) is 5.62. The van der Waals surface area contributed by atoms with Crippen molar-refractivity contribution in [3.8, 4) is 0 Å². The Morgan fingerprint density at radius 1 is 0.950 bits per heavy atom. The molecule has 3 aromatic carbocycles. The second-order valence-corrected chi connectivity index (χ2v) is 10.3. The zero-order valence-electron chi connectivity index (χ0n) is 22.3. The number of benzene rings is 3. The maximum Gasteiger partial charge on any atom is 0.253 e. The summed E-state index contributed by atoms with van der Waals surface area (Å²) in [5.41, 5.74) is 4.61. The Kier molecular flexibility index (Phi) is 6.85. The van der Waals surface area contributed by atoms with Crippen LogP contribution in [0.15, 0.2) is 71.5 Å². The summed E-state index contributed by atoms with van der Waals surface area (Å²) >= 11 is 0. The minimum Gasteiger partial charge on any atom is -0.367 e. The molecule has 8 nitrogen and oxygen atoms in total. The number of hydrogen-bond acceptors (Lipinski definition) is 6. The van der Waals surface area contributed by atoms with Crippen LogP contribution in [-0.2, 0) is 6.54 Å². The molecule has 1 atom stereocenters. The fourth-order valence-corrected chi connectivity index (χ4v) is 5.62. The van der Waals surface area contributed by atoms with Gasteiger partial charge < -0.3 is 9.88 Å². The van der Waals surface area contributed by atoms with Crippen LogP contribution < -0.4 is 10.5 Å². The second-order valence-electron chi connectivity index (χ2n) is 10.3. The highest BCUT2D eigenvalue weighted by Crippen LogP contribution is 2.30. The van der Waals surface area contributed by atoms with E-state index in [1.54, 1.807) is 28.9 Å². The topological polar surface area (TPSA) is 82.9 Å². The smallest absolute Gasteiger partial charge is 0.253 e. The van der Waals surface area contributed by atoms with Gasteiger partial charge in [-0.15, -0.1) is 5.10 Å². The molecule has 0 bridgehead atoms. The van der Waals surface area contributed by atoms with E-state index in [9.17, 15) is 13.6 Å². The number of rotatable bonds is 6. The molecule has 0 aliphatic carbocycles. The third-order valence-electron chi connectivity index (χ3n) is 7.54. The first-order valence-electron chi connectivity index (χ1n) is 13.3. The average Bonchev–Trinajstić information content (AvgIpc) is 3.39. The second kappa shape index (κ2) is 10.6. The molecule has 1 saturated heterocycles. The van der Waals surface area contributed by atoms with Crippen molar-refractivity contribution in [3.05, 3.63) is 117 Å². The highest BCUT2D eigenvalue weighted by Gasteiger charge is 2.33. The number of halogens is 2. The Morgan fingerprint density at radius 3 is 2.45 bits per heavy atom. The monoisotopic (exact) mass is 541 g/mol. The van der Waals surface area contributed by atoms with Crippen LogP contribution in [0, 0.1) is 25.5 Å². The number of aromatic nitrogens is 5. The Morgan fingerprint density at radius 2 is 1.70 bits per heavy atom. The van der Waals surface area contributed by atoms with Crippen molar-refractivity contribution in [2.75, 3.05) is 31.1 Å². The van der Waals surface area contributed by atoms with Crippen molar-refractivity contribution in [2.24, 2.45) is 0 Å². The van der Waals surface area contributed by atoms with Crippen molar-refractivity contribution >= 4 is 16.6 Å². The van der Waals surface area contributed by atoms with Crippen LogP contribution >= 0.6 is 0 Å². The first kappa shape index (κ1) is 25.8. The molecule has 5 aromatic rings. The summed E-state index contributed by atoms with van der Waals surface area (Å²) in [6.45, 7) is 6.59. The SMILES string of the molecule is Cc1cc(C)c2[nH]c(=O)c(C(c3nnnn3Cc3ccc(F)cc3)N3CCN(c4ccccc4F)CC3)cc2c1. The lowest BCUT2D eigenvalue weighted by Gasteiger charge is -2.39. The number of tetrazole rings is 1.